The van der Waals surface area contributed by atoms with Crippen LogP contribution in [0.25, 0.3) is 22.2 Å². The fourth-order valence-electron chi connectivity index (χ4n) is 4.32. The molecule has 172 valence electrons. The fourth-order valence-corrected chi connectivity index (χ4v) is 4.32. The molecule has 2 N–H and O–H groups in total. The van der Waals surface area contributed by atoms with Gasteiger partial charge in [-0.1, -0.05) is 54.6 Å². The Bertz CT molecular complexity index is 1510. The topological polar surface area (TPSA) is 86.5 Å². The van der Waals surface area contributed by atoms with Crippen molar-refractivity contribution in [3.05, 3.63) is 114 Å². The van der Waals surface area contributed by atoms with Crippen LogP contribution in [0.4, 0.5) is 0 Å². The van der Waals surface area contributed by atoms with Gasteiger partial charge in [-0.3, -0.25) is 4.79 Å². The third-order valence-corrected chi connectivity index (χ3v) is 6.19. The van der Waals surface area contributed by atoms with Crippen LogP contribution in [-0.4, -0.2) is 26.9 Å². The summed E-state index contributed by atoms with van der Waals surface area (Å²) in [5, 5.41) is 13.4. The van der Waals surface area contributed by atoms with E-state index < -0.39 is 6.04 Å². The van der Waals surface area contributed by atoms with Crippen LogP contribution in [0.5, 0.6) is 0 Å². The quantitative estimate of drug-likeness (QED) is 0.313. The molecule has 6 heteroatoms. The van der Waals surface area contributed by atoms with Crippen molar-refractivity contribution in [2.75, 3.05) is 6.54 Å². The number of aromatic amines is 1. The van der Waals surface area contributed by atoms with Crippen LogP contribution in [0, 0.1) is 11.3 Å². The van der Waals surface area contributed by atoms with E-state index in [-0.39, 0.29) is 5.78 Å². The number of benzene rings is 3. The number of nitriles is 1. The molecule has 0 amide bonds. The number of H-pyrrole nitrogens is 1. The molecule has 0 saturated heterocycles. The van der Waals surface area contributed by atoms with E-state index in [0.29, 0.717) is 17.7 Å². The minimum Gasteiger partial charge on any atom is -0.360 e. The van der Waals surface area contributed by atoms with E-state index in [2.05, 4.69) is 21.4 Å². The maximum Gasteiger partial charge on any atom is 0.186 e. The molecule has 2 heterocycles. The number of carbonyl (C=O) groups is 1. The molecule has 1 unspecified atom stereocenters. The van der Waals surface area contributed by atoms with E-state index in [4.69, 9.17) is 5.26 Å². The predicted octanol–water partition coefficient (Wildman–Crippen LogP) is 5.20. The monoisotopic (exact) mass is 459 g/mol. The van der Waals surface area contributed by atoms with Gasteiger partial charge in [0.2, 0.25) is 0 Å². The number of hydrogen-bond acceptors (Lipinski definition) is 4. The summed E-state index contributed by atoms with van der Waals surface area (Å²) in [6, 6.07) is 25.1. The molecule has 0 saturated carbocycles. The Hall–Kier alpha value is -4.47. The second-order valence-corrected chi connectivity index (χ2v) is 8.61. The minimum absolute atomic E-state index is 0.0212. The summed E-state index contributed by atoms with van der Waals surface area (Å²) >= 11 is 0. The van der Waals surface area contributed by atoms with Gasteiger partial charge in [-0.2, -0.15) is 5.26 Å². The Morgan fingerprint density at radius 3 is 2.63 bits per heavy atom. The van der Waals surface area contributed by atoms with Gasteiger partial charge in [-0.15, -0.1) is 0 Å². The Morgan fingerprint density at radius 1 is 1.11 bits per heavy atom. The van der Waals surface area contributed by atoms with Crippen LogP contribution in [0.2, 0.25) is 0 Å². The lowest BCUT2D eigenvalue weighted by atomic mass is 9.96. The van der Waals surface area contributed by atoms with Gasteiger partial charge in [0.1, 0.15) is 0 Å². The Balaban J connectivity index is 1.39. The number of aryl methyl sites for hydroxylation is 1. The van der Waals surface area contributed by atoms with E-state index in [0.717, 1.165) is 39.7 Å². The third-order valence-electron chi connectivity index (χ3n) is 6.19. The number of Topliss-reactive ketones (excluding diaryl/α,β-unsaturated/α-hetero) is 1. The van der Waals surface area contributed by atoms with Gasteiger partial charge in [0, 0.05) is 48.0 Å². The highest BCUT2D eigenvalue weighted by atomic mass is 16.1. The number of rotatable bonds is 8. The van der Waals surface area contributed by atoms with Crippen LogP contribution in [-0.2, 0) is 13.5 Å². The molecule has 0 aliphatic carbocycles. The standard InChI is InChI=1S/C29H25N5O/c1-34-18-27(33-19-34)23-11-12-24-25(17-32-26(24)15-23)29(35)28(22-5-3-2-4-6-22)31-14-13-20-7-9-21(16-30)10-8-20/h2-12,15,17-19,28,31-32H,13-14H2,1H3. The molecule has 3 aromatic carbocycles. The van der Waals surface area contributed by atoms with Gasteiger partial charge in [0.15, 0.2) is 5.78 Å². The molecular formula is C29H25N5O. The lowest BCUT2D eigenvalue weighted by molar-refractivity contribution is 0.0945. The maximum atomic E-state index is 13.8. The molecule has 2 aromatic heterocycles. The molecule has 0 spiro atoms. The number of hydrogen-bond donors (Lipinski definition) is 2. The molecular weight excluding hydrogens is 434 g/mol. The number of aromatic nitrogens is 3. The van der Waals surface area contributed by atoms with Crippen molar-refractivity contribution >= 4 is 16.7 Å². The lowest BCUT2D eigenvalue weighted by Crippen LogP contribution is -2.30. The second-order valence-electron chi connectivity index (χ2n) is 8.61. The van der Waals surface area contributed by atoms with Gasteiger partial charge >= 0.3 is 0 Å². The van der Waals surface area contributed by atoms with Crippen molar-refractivity contribution in [3.8, 4) is 17.3 Å². The number of nitrogens with one attached hydrogen (secondary N) is 2. The first kappa shape index (κ1) is 22.3. The summed E-state index contributed by atoms with van der Waals surface area (Å²) < 4.78 is 1.91. The smallest absolute Gasteiger partial charge is 0.186 e. The molecule has 0 aliphatic heterocycles. The molecule has 0 fully saturated rings. The minimum atomic E-state index is -0.468. The Morgan fingerprint density at radius 2 is 1.91 bits per heavy atom. The Kier molecular flexibility index (Phi) is 6.25. The van der Waals surface area contributed by atoms with Crippen molar-refractivity contribution in [2.45, 2.75) is 12.5 Å². The fraction of sp³-hybridized carbons (Fsp3) is 0.138. The van der Waals surface area contributed by atoms with E-state index in [9.17, 15) is 4.79 Å². The molecule has 0 radical (unpaired) electrons. The van der Waals surface area contributed by atoms with E-state index in [1.807, 2.05) is 90.6 Å². The molecule has 6 nitrogen and oxygen atoms in total. The number of fused-ring (bicyclic) bond motifs is 1. The van der Waals surface area contributed by atoms with Crippen LogP contribution in [0.1, 0.15) is 33.1 Å². The van der Waals surface area contributed by atoms with E-state index >= 15 is 0 Å². The zero-order valence-electron chi connectivity index (χ0n) is 19.4. The highest BCUT2D eigenvalue weighted by Crippen LogP contribution is 2.28. The van der Waals surface area contributed by atoms with Crippen molar-refractivity contribution in [1.29, 1.82) is 5.26 Å². The highest BCUT2D eigenvalue weighted by molar-refractivity contribution is 6.11. The predicted molar refractivity (Wildman–Crippen MR) is 137 cm³/mol. The van der Waals surface area contributed by atoms with Crippen LogP contribution in [0.3, 0.4) is 0 Å². The van der Waals surface area contributed by atoms with Crippen molar-refractivity contribution in [3.63, 3.8) is 0 Å². The van der Waals surface area contributed by atoms with Gasteiger partial charge in [-0.05, 0) is 35.7 Å². The molecule has 5 aromatic rings. The molecule has 0 bridgehead atoms. The summed E-state index contributed by atoms with van der Waals surface area (Å²) in [5.41, 5.74) is 6.14. The summed E-state index contributed by atoms with van der Waals surface area (Å²) in [7, 11) is 1.94. The highest BCUT2D eigenvalue weighted by Gasteiger charge is 2.24. The van der Waals surface area contributed by atoms with Crippen molar-refractivity contribution in [1.82, 2.24) is 19.9 Å². The van der Waals surface area contributed by atoms with Gasteiger partial charge in [-0.25, -0.2) is 4.98 Å². The first-order chi connectivity index (χ1) is 17.1. The maximum absolute atomic E-state index is 13.8. The summed E-state index contributed by atoms with van der Waals surface area (Å²) in [4.78, 5) is 21.5. The molecule has 5 rings (SSSR count). The van der Waals surface area contributed by atoms with Crippen LogP contribution < -0.4 is 5.32 Å². The summed E-state index contributed by atoms with van der Waals surface area (Å²) in [6.45, 7) is 0.628. The average molecular weight is 460 g/mol. The molecule has 0 aliphatic rings. The number of imidazole rings is 1. The first-order valence-corrected chi connectivity index (χ1v) is 11.5. The SMILES string of the molecule is Cn1cnc(-c2ccc3c(C(=O)C(NCCc4ccc(C#N)cc4)c4ccccc4)c[nH]c3c2)c1. The number of ketones is 1. The summed E-state index contributed by atoms with van der Waals surface area (Å²) in [5.74, 6) is 0.0212. The van der Waals surface area contributed by atoms with Gasteiger partial charge in [0.25, 0.3) is 0 Å². The van der Waals surface area contributed by atoms with Crippen LogP contribution >= 0.6 is 0 Å². The first-order valence-electron chi connectivity index (χ1n) is 11.5. The second kappa shape index (κ2) is 9.80. The Labute approximate surface area is 203 Å². The average Bonchev–Trinajstić information content (AvgIpc) is 3.53. The molecule has 35 heavy (non-hydrogen) atoms. The lowest BCUT2D eigenvalue weighted by Gasteiger charge is -2.18. The summed E-state index contributed by atoms with van der Waals surface area (Å²) in [6.07, 6.45) is 6.30. The van der Waals surface area contributed by atoms with Crippen molar-refractivity contribution in [2.24, 2.45) is 7.05 Å². The zero-order valence-corrected chi connectivity index (χ0v) is 19.4. The molecule has 1 atom stereocenters. The number of nitrogens with zero attached hydrogens (tertiary/aromatic N) is 3. The van der Waals surface area contributed by atoms with E-state index in [1.54, 1.807) is 12.5 Å². The zero-order chi connectivity index (χ0) is 24.2. The largest absolute Gasteiger partial charge is 0.360 e. The normalized spacial score (nSPS) is 11.9. The third kappa shape index (κ3) is 4.77. The van der Waals surface area contributed by atoms with Gasteiger partial charge < -0.3 is 14.9 Å². The van der Waals surface area contributed by atoms with Crippen LogP contribution in [0.15, 0.2) is 91.5 Å². The van der Waals surface area contributed by atoms with Crippen molar-refractivity contribution < 1.29 is 4.79 Å². The number of carbonyl (C=O) groups excluding carboxylic acids is 1. The van der Waals surface area contributed by atoms with E-state index in [1.165, 1.54) is 0 Å². The van der Waals surface area contributed by atoms with Gasteiger partial charge in [0.05, 0.1) is 29.7 Å².